The second kappa shape index (κ2) is 5.70. The summed E-state index contributed by atoms with van der Waals surface area (Å²) in [6, 6.07) is 7.21. The van der Waals surface area contributed by atoms with Crippen molar-refractivity contribution in [3.8, 4) is 0 Å². The molecule has 0 heterocycles. The van der Waals surface area contributed by atoms with E-state index in [0.29, 0.717) is 5.56 Å². The Balaban J connectivity index is 2.28. The molecule has 0 unspecified atom stereocenters. The number of hydrogen-bond donors (Lipinski definition) is 2. The molecule has 0 atom stereocenters. The van der Waals surface area contributed by atoms with Gasteiger partial charge in [0, 0.05) is 5.69 Å². The SMILES string of the molecule is Cc1cc(NC(=O)c2c(F)cccc2F)ccc1C(=O)O. The Morgan fingerprint density at radius 3 is 2.24 bits per heavy atom. The molecule has 0 aliphatic heterocycles. The van der Waals surface area contributed by atoms with Gasteiger partial charge in [-0.15, -0.1) is 0 Å². The molecule has 0 aliphatic rings. The van der Waals surface area contributed by atoms with Gasteiger partial charge in [0.15, 0.2) is 0 Å². The van der Waals surface area contributed by atoms with E-state index < -0.39 is 29.1 Å². The summed E-state index contributed by atoms with van der Waals surface area (Å²) < 4.78 is 26.9. The van der Waals surface area contributed by atoms with Crippen LogP contribution in [0.4, 0.5) is 14.5 Å². The van der Waals surface area contributed by atoms with Crippen LogP contribution in [0.3, 0.4) is 0 Å². The molecular weight excluding hydrogens is 280 g/mol. The fourth-order valence-corrected chi connectivity index (χ4v) is 1.89. The van der Waals surface area contributed by atoms with Crippen molar-refractivity contribution in [3.05, 3.63) is 64.7 Å². The number of hydrogen-bond acceptors (Lipinski definition) is 2. The zero-order valence-electron chi connectivity index (χ0n) is 11.0. The van der Waals surface area contributed by atoms with E-state index in [9.17, 15) is 18.4 Å². The molecular formula is C15H11F2NO3. The zero-order chi connectivity index (χ0) is 15.6. The van der Waals surface area contributed by atoms with Crippen molar-refractivity contribution in [2.24, 2.45) is 0 Å². The quantitative estimate of drug-likeness (QED) is 0.912. The smallest absolute Gasteiger partial charge is 0.335 e. The molecule has 0 aliphatic carbocycles. The van der Waals surface area contributed by atoms with Crippen molar-refractivity contribution in [3.63, 3.8) is 0 Å². The Morgan fingerprint density at radius 2 is 1.71 bits per heavy atom. The number of carboxylic acid groups (broad SMARTS) is 1. The third kappa shape index (κ3) is 3.05. The molecule has 108 valence electrons. The second-order valence-electron chi connectivity index (χ2n) is 4.39. The Morgan fingerprint density at radius 1 is 1.10 bits per heavy atom. The second-order valence-corrected chi connectivity index (χ2v) is 4.39. The van der Waals surface area contributed by atoms with Gasteiger partial charge < -0.3 is 10.4 Å². The van der Waals surface area contributed by atoms with Gasteiger partial charge in [0.05, 0.1) is 5.56 Å². The lowest BCUT2D eigenvalue weighted by Crippen LogP contribution is -2.16. The number of aryl methyl sites for hydroxylation is 1. The van der Waals surface area contributed by atoms with Gasteiger partial charge in [0.2, 0.25) is 0 Å². The molecule has 21 heavy (non-hydrogen) atoms. The van der Waals surface area contributed by atoms with Crippen molar-refractivity contribution in [1.82, 2.24) is 0 Å². The highest BCUT2D eigenvalue weighted by molar-refractivity contribution is 6.05. The van der Waals surface area contributed by atoms with E-state index in [0.717, 1.165) is 18.2 Å². The normalized spacial score (nSPS) is 10.2. The Labute approximate surface area is 119 Å². The van der Waals surface area contributed by atoms with Crippen molar-refractivity contribution in [1.29, 1.82) is 0 Å². The minimum absolute atomic E-state index is 0.0880. The average Bonchev–Trinajstić information content (AvgIpc) is 2.37. The molecule has 0 bridgehead atoms. The van der Waals surface area contributed by atoms with Crippen LogP contribution in [0.5, 0.6) is 0 Å². The highest BCUT2D eigenvalue weighted by atomic mass is 19.1. The van der Waals surface area contributed by atoms with E-state index in [-0.39, 0.29) is 11.3 Å². The number of carboxylic acids is 1. The maximum Gasteiger partial charge on any atom is 0.335 e. The highest BCUT2D eigenvalue weighted by Crippen LogP contribution is 2.18. The molecule has 0 spiro atoms. The molecule has 0 saturated heterocycles. The lowest BCUT2D eigenvalue weighted by molar-refractivity contribution is 0.0696. The minimum Gasteiger partial charge on any atom is -0.478 e. The molecule has 2 aromatic carbocycles. The van der Waals surface area contributed by atoms with Crippen LogP contribution in [0.15, 0.2) is 36.4 Å². The molecule has 2 aromatic rings. The van der Waals surface area contributed by atoms with Gasteiger partial charge in [-0.3, -0.25) is 4.79 Å². The van der Waals surface area contributed by atoms with Crippen molar-refractivity contribution in [2.75, 3.05) is 5.32 Å². The lowest BCUT2D eigenvalue weighted by Gasteiger charge is -2.09. The number of aromatic carboxylic acids is 1. The number of amides is 1. The predicted octanol–water partition coefficient (Wildman–Crippen LogP) is 3.22. The highest BCUT2D eigenvalue weighted by Gasteiger charge is 2.17. The number of anilines is 1. The summed E-state index contributed by atoms with van der Waals surface area (Å²) in [7, 11) is 0. The molecule has 2 rings (SSSR count). The van der Waals surface area contributed by atoms with Gasteiger partial charge >= 0.3 is 5.97 Å². The first-order chi connectivity index (χ1) is 9.90. The maximum absolute atomic E-state index is 13.5. The van der Waals surface area contributed by atoms with Crippen LogP contribution in [-0.4, -0.2) is 17.0 Å². The molecule has 6 heteroatoms. The standard InChI is InChI=1S/C15H11F2NO3/c1-8-7-9(5-6-10(8)15(20)21)18-14(19)13-11(16)3-2-4-12(13)17/h2-7H,1H3,(H,18,19)(H,20,21). The molecule has 4 nitrogen and oxygen atoms in total. The number of nitrogens with one attached hydrogen (secondary N) is 1. The molecule has 0 aromatic heterocycles. The molecule has 1 amide bonds. The number of benzene rings is 2. The fourth-order valence-electron chi connectivity index (χ4n) is 1.89. The van der Waals surface area contributed by atoms with Gasteiger partial charge in [-0.1, -0.05) is 6.07 Å². The molecule has 0 fully saturated rings. The van der Waals surface area contributed by atoms with Crippen LogP contribution < -0.4 is 5.32 Å². The van der Waals surface area contributed by atoms with Crippen LogP contribution in [0.2, 0.25) is 0 Å². The first-order valence-corrected chi connectivity index (χ1v) is 5.99. The maximum atomic E-state index is 13.5. The fraction of sp³-hybridized carbons (Fsp3) is 0.0667. The first kappa shape index (κ1) is 14.6. The largest absolute Gasteiger partial charge is 0.478 e. The first-order valence-electron chi connectivity index (χ1n) is 5.99. The Bertz CT molecular complexity index is 709. The summed E-state index contributed by atoms with van der Waals surface area (Å²) in [5.74, 6) is -3.96. The summed E-state index contributed by atoms with van der Waals surface area (Å²) in [5, 5.41) is 11.2. The molecule has 0 saturated carbocycles. The summed E-state index contributed by atoms with van der Waals surface area (Å²) in [4.78, 5) is 22.8. The van der Waals surface area contributed by atoms with Crippen molar-refractivity contribution in [2.45, 2.75) is 6.92 Å². The van der Waals surface area contributed by atoms with Gasteiger partial charge in [0.25, 0.3) is 5.91 Å². The van der Waals surface area contributed by atoms with E-state index in [4.69, 9.17) is 5.11 Å². The summed E-state index contributed by atoms with van der Waals surface area (Å²) in [6.45, 7) is 1.56. The van der Waals surface area contributed by atoms with Crippen LogP contribution in [0, 0.1) is 18.6 Å². The van der Waals surface area contributed by atoms with Crippen LogP contribution >= 0.6 is 0 Å². The van der Waals surface area contributed by atoms with Crippen molar-refractivity contribution < 1.29 is 23.5 Å². The van der Waals surface area contributed by atoms with Gasteiger partial charge in [-0.25, -0.2) is 13.6 Å². The summed E-state index contributed by atoms with van der Waals surface area (Å²) in [6.07, 6.45) is 0. The van der Waals surface area contributed by atoms with E-state index in [1.807, 2.05) is 0 Å². The third-order valence-corrected chi connectivity index (χ3v) is 2.90. The van der Waals surface area contributed by atoms with Gasteiger partial charge in [-0.2, -0.15) is 0 Å². The molecule has 2 N–H and O–H groups in total. The monoisotopic (exact) mass is 291 g/mol. The summed E-state index contributed by atoms with van der Waals surface area (Å²) >= 11 is 0. The number of carbonyl (C=O) groups is 2. The third-order valence-electron chi connectivity index (χ3n) is 2.90. The Kier molecular flexibility index (Phi) is 3.98. The van der Waals surface area contributed by atoms with Crippen molar-refractivity contribution >= 4 is 17.6 Å². The van der Waals surface area contributed by atoms with E-state index in [1.54, 1.807) is 6.92 Å². The van der Waals surface area contributed by atoms with Crippen LogP contribution in [-0.2, 0) is 0 Å². The van der Waals surface area contributed by atoms with E-state index >= 15 is 0 Å². The van der Waals surface area contributed by atoms with Gasteiger partial charge in [-0.05, 0) is 42.8 Å². The minimum atomic E-state index is -1.09. The number of rotatable bonds is 3. The number of carbonyl (C=O) groups excluding carboxylic acids is 1. The summed E-state index contributed by atoms with van der Waals surface area (Å²) in [5.41, 5.74) is 0.0852. The topological polar surface area (TPSA) is 66.4 Å². The zero-order valence-corrected chi connectivity index (χ0v) is 11.0. The lowest BCUT2D eigenvalue weighted by atomic mass is 10.1. The average molecular weight is 291 g/mol. The van der Waals surface area contributed by atoms with Crippen LogP contribution in [0.1, 0.15) is 26.3 Å². The van der Waals surface area contributed by atoms with Gasteiger partial charge in [0.1, 0.15) is 17.2 Å². The van der Waals surface area contributed by atoms with E-state index in [1.165, 1.54) is 18.2 Å². The predicted molar refractivity (Wildman–Crippen MR) is 72.4 cm³/mol. The van der Waals surface area contributed by atoms with E-state index in [2.05, 4.69) is 5.32 Å². The van der Waals surface area contributed by atoms with Crippen LogP contribution in [0.25, 0.3) is 0 Å². The number of halogens is 2. The Hall–Kier alpha value is -2.76. The molecule has 0 radical (unpaired) electrons.